The summed E-state index contributed by atoms with van der Waals surface area (Å²) < 4.78 is 28.5. The third kappa shape index (κ3) is 4.68. The number of halogens is 2. The van der Waals surface area contributed by atoms with Gasteiger partial charge in [0, 0.05) is 12.2 Å². The van der Waals surface area contributed by atoms with Gasteiger partial charge in [0.25, 0.3) is 0 Å². The first-order valence-electron chi connectivity index (χ1n) is 8.31. The average Bonchev–Trinajstić information content (AvgIpc) is 2.61. The van der Waals surface area contributed by atoms with Gasteiger partial charge >= 0.3 is 12.6 Å². The molecule has 2 amide bonds. The van der Waals surface area contributed by atoms with E-state index in [1.807, 2.05) is 12.1 Å². The summed E-state index contributed by atoms with van der Waals surface area (Å²) in [7, 11) is 0. The minimum Gasteiger partial charge on any atom is -0.435 e. The van der Waals surface area contributed by atoms with Crippen LogP contribution in [0.5, 0.6) is 5.75 Å². The van der Waals surface area contributed by atoms with E-state index < -0.39 is 6.61 Å². The van der Waals surface area contributed by atoms with E-state index in [0.29, 0.717) is 6.54 Å². The summed E-state index contributed by atoms with van der Waals surface area (Å²) >= 11 is 0. The normalized spacial score (nSPS) is 13.2. The largest absolute Gasteiger partial charge is 0.435 e. The highest BCUT2D eigenvalue weighted by atomic mass is 19.3. The van der Waals surface area contributed by atoms with Crippen LogP contribution >= 0.6 is 0 Å². The minimum absolute atomic E-state index is 0.0964. The molecule has 0 atom stereocenters. The molecule has 25 heavy (non-hydrogen) atoms. The Morgan fingerprint density at radius 1 is 1.08 bits per heavy atom. The smallest absolute Gasteiger partial charge is 0.387 e. The number of alkyl halides is 2. The topological polar surface area (TPSA) is 50.4 Å². The van der Waals surface area contributed by atoms with Gasteiger partial charge in [0.15, 0.2) is 0 Å². The zero-order valence-corrected chi connectivity index (χ0v) is 13.7. The zero-order valence-electron chi connectivity index (χ0n) is 13.7. The van der Waals surface area contributed by atoms with Gasteiger partial charge in [-0.05, 0) is 60.6 Å². The molecule has 3 rings (SSSR count). The lowest BCUT2D eigenvalue weighted by Gasteiger charge is -2.19. The maximum atomic E-state index is 12.1. The molecule has 0 aromatic heterocycles. The quantitative estimate of drug-likeness (QED) is 0.838. The third-order valence-electron chi connectivity index (χ3n) is 4.25. The van der Waals surface area contributed by atoms with Crippen molar-refractivity contribution in [1.82, 2.24) is 5.32 Å². The molecular weight excluding hydrogens is 326 g/mol. The number of nitrogens with one attached hydrogen (secondary N) is 2. The molecule has 0 heterocycles. The monoisotopic (exact) mass is 346 g/mol. The molecule has 0 bridgehead atoms. The molecule has 2 aromatic rings. The summed E-state index contributed by atoms with van der Waals surface area (Å²) in [5, 5.41) is 5.68. The maximum absolute atomic E-state index is 12.1. The molecule has 1 aliphatic rings. The lowest BCUT2D eigenvalue weighted by atomic mass is 9.90. The van der Waals surface area contributed by atoms with Gasteiger partial charge in [-0.3, -0.25) is 0 Å². The summed E-state index contributed by atoms with van der Waals surface area (Å²) in [5.74, 6) is 0.0964. The van der Waals surface area contributed by atoms with Gasteiger partial charge in [0.05, 0.1) is 0 Å². The number of urea groups is 1. The Hall–Kier alpha value is -2.63. The van der Waals surface area contributed by atoms with Crippen LogP contribution in [-0.2, 0) is 19.4 Å². The summed E-state index contributed by atoms with van der Waals surface area (Å²) in [5.41, 5.74) is 4.18. The van der Waals surface area contributed by atoms with Gasteiger partial charge in [-0.15, -0.1) is 0 Å². The Labute approximate surface area is 145 Å². The van der Waals surface area contributed by atoms with Gasteiger partial charge in [0.2, 0.25) is 0 Å². The van der Waals surface area contributed by atoms with E-state index in [1.165, 1.54) is 29.7 Å². The van der Waals surface area contributed by atoms with E-state index in [0.717, 1.165) is 30.5 Å². The summed E-state index contributed by atoms with van der Waals surface area (Å²) in [6.07, 6.45) is 4.37. The van der Waals surface area contributed by atoms with Crippen molar-refractivity contribution < 1.29 is 18.3 Å². The van der Waals surface area contributed by atoms with Crippen molar-refractivity contribution >= 4 is 11.7 Å². The third-order valence-corrected chi connectivity index (χ3v) is 4.25. The van der Waals surface area contributed by atoms with Crippen LogP contribution in [0.1, 0.15) is 29.5 Å². The van der Waals surface area contributed by atoms with Gasteiger partial charge in [-0.2, -0.15) is 8.78 Å². The Balaban J connectivity index is 1.55. The molecule has 0 saturated carbocycles. The van der Waals surface area contributed by atoms with Crippen molar-refractivity contribution in [2.75, 3.05) is 5.32 Å². The van der Waals surface area contributed by atoms with Gasteiger partial charge in [-0.25, -0.2) is 4.79 Å². The Morgan fingerprint density at radius 3 is 2.60 bits per heavy atom. The van der Waals surface area contributed by atoms with Crippen molar-refractivity contribution in [2.45, 2.75) is 38.8 Å². The highest BCUT2D eigenvalue weighted by Gasteiger charge is 2.14. The van der Waals surface area contributed by atoms with Gasteiger partial charge < -0.3 is 15.4 Å². The molecule has 0 fully saturated rings. The lowest BCUT2D eigenvalue weighted by molar-refractivity contribution is -0.0498. The van der Waals surface area contributed by atoms with Crippen molar-refractivity contribution in [3.05, 3.63) is 59.2 Å². The van der Waals surface area contributed by atoms with Gasteiger partial charge in [0.1, 0.15) is 5.75 Å². The fourth-order valence-corrected chi connectivity index (χ4v) is 3.04. The van der Waals surface area contributed by atoms with Crippen LogP contribution in [0.25, 0.3) is 0 Å². The molecule has 6 heteroatoms. The van der Waals surface area contributed by atoms with Crippen molar-refractivity contribution in [3.63, 3.8) is 0 Å². The van der Waals surface area contributed by atoms with Crippen LogP contribution in [0, 0.1) is 0 Å². The predicted molar refractivity (Wildman–Crippen MR) is 92.0 cm³/mol. The Bertz CT molecular complexity index is 733. The molecule has 0 spiro atoms. The second kappa shape index (κ2) is 7.96. The van der Waals surface area contributed by atoms with E-state index in [2.05, 4.69) is 21.4 Å². The molecule has 4 nitrogen and oxygen atoms in total. The average molecular weight is 346 g/mol. The molecule has 2 N–H and O–H groups in total. The first-order valence-corrected chi connectivity index (χ1v) is 8.31. The number of anilines is 1. The summed E-state index contributed by atoms with van der Waals surface area (Å²) in [6.45, 7) is -2.54. The lowest BCUT2D eigenvalue weighted by Crippen LogP contribution is -2.29. The van der Waals surface area contributed by atoms with Crippen LogP contribution in [0.4, 0.5) is 19.3 Å². The number of aryl methyl sites for hydroxylation is 1. The summed E-state index contributed by atoms with van der Waals surface area (Å²) in [6, 6.07) is 11.9. The first kappa shape index (κ1) is 17.2. The SMILES string of the molecule is O=C(NCc1ccc(OC(F)F)cc1)Nc1cccc2c1CCCC2. The molecule has 132 valence electrons. The second-order valence-electron chi connectivity index (χ2n) is 5.98. The molecular formula is C19H20F2N2O2. The fourth-order valence-electron chi connectivity index (χ4n) is 3.04. The molecule has 0 saturated heterocycles. The predicted octanol–water partition coefficient (Wildman–Crippen LogP) is 4.49. The Morgan fingerprint density at radius 2 is 1.84 bits per heavy atom. The number of carbonyl (C=O) groups excluding carboxylic acids is 1. The van der Waals surface area contributed by atoms with Crippen LogP contribution < -0.4 is 15.4 Å². The Kier molecular flexibility index (Phi) is 5.48. The molecule has 0 radical (unpaired) electrons. The highest BCUT2D eigenvalue weighted by Crippen LogP contribution is 2.27. The van der Waals surface area contributed by atoms with Crippen LogP contribution in [0.3, 0.4) is 0 Å². The van der Waals surface area contributed by atoms with Crippen LogP contribution in [0.15, 0.2) is 42.5 Å². The van der Waals surface area contributed by atoms with E-state index in [1.54, 1.807) is 12.1 Å². The molecule has 0 aliphatic heterocycles. The minimum atomic E-state index is -2.84. The van der Waals surface area contributed by atoms with Crippen LogP contribution in [0.2, 0.25) is 0 Å². The number of benzene rings is 2. The standard InChI is InChI=1S/C19H20F2N2O2/c20-18(21)25-15-10-8-13(9-11-15)12-22-19(24)23-17-7-3-5-14-4-1-2-6-16(14)17/h3,5,7-11,18H,1-2,4,6,12H2,(H2,22,23,24). The second-order valence-corrected chi connectivity index (χ2v) is 5.98. The number of hydrogen-bond donors (Lipinski definition) is 2. The van der Waals surface area contributed by atoms with E-state index in [-0.39, 0.29) is 11.8 Å². The van der Waals surface area contributed by atoms with E-state index >= 15 is 0 Å². The van der Waals surface area contributed by atoms with E-state index in [9.17, 15) is 13.6 Å². The highest BCUT2D eigenvalue weighted by molar-refractivity contribution is 5.90. The van der Waals surface area contributed by atoms with E-state index in [4.69, 9.17) is 0 Å². The van der Waals surface area contributed by atoms with Gasteiger partial charge in [-0.1, -0.05) is 24.3 Å². The zero-order chi connectivity index (χ0) is 17.6. The number of carbonyl (C=O) groups is 1. The molecule has 0 unspecified atom stereocenters. The van der Waals surface area contributed by atoms with Crippen LogP contribution in [-0.4, -0.2) is 12.6 Å². The maximum Gasteiger partial charge on any atom is 0.387 e. The molecule has 1 aliphatic carbocycles. The van der Waals surface area contributed by atoms with Crippen molar-refractivity contribution in [3.8, 4) is 5.75 Å². The number of rotatable bonds is 5. The van der Waals surface area contributed by atoms with Crippen molar-refractivity contribution in [2.24, 2.45) is 0 Å². The first-order chi connectivity index (χ1) is 12.1. The number of hydrogen-bond acceptors (Lipinski definition) is 2. The van der Waals surface area contributed by atoms with Crippen molar-refractivity contribution in [1.29, 1.82) is 0 Å². The summed E-state index contributed by atoms with van der Waals surface area (Å²) in [4.78, 5) is 12.1. The number of amides is 2. The fraction of sp³-hybridized carbons (Fsp3) is 0.316. The number of ether oxygens (including phenoxy) is 1. The molecule has 2 aromatic carbocycles. The number of fused-ring (bicyclic) bond motifs is 1.